The van der Waals surface area contributed by atoms with Crippen LogP contribution in [-0.2, 0) is 23.2 Å². The van der Waals surface area contributed by atoms with Gasteiger partial charge in [0.25, 0.3) is 0 Å². The summed E-state index contributed by atoms with van der Waals surface area (Å²) < 4.78 is 3.60. The van der Waals surface area contributed by atoms with Crippen LogP contribution < -0.4 is 0 Å². The maximum absolute atomic E-state index is 2.38. The van der Waals surface area contributed by atoms with Crippen molar-refractivity contribution in [2.75, 3.05) is 0 Å². The van der Waals surface area contributed by atoms with Gasteiger partial charge < -0.3 is 0 Å². The molecule has 2 aliphatic rings. The molecule has 0 heterocycles. The molecular formula is C19H32Cl2Zr. The maximum atomic E-state index is 2.38. The molecule has 0 N–H and O–H groups in total. The van der Waals surface area contributed by atoms with Gasteiger partial charge in [-0.2, -0.15) is 0 Å². The molecule has 0 atom stereocenters. The van der Waals surface area contributed by atoms with Crippen molar-refractivity contribution in [2.45, 2.75) is 61.8 Å². The van der Waals surface area contributed by atoms with Crippen LogP contribution in [0.4, 0.5) is 0 Å². The van der Waals surface area contributed by atoms with Gasteiger partial charge in [0.05, 0.1) is 0 Å². The Morgan fingerprint density at radius 2 is 1.05 bits per heavy atom. The summed E-state index contributed by atoms with van der Waals surface area (Å²) in [6.07, 6.45) is 12.0. The Labute approximate surface area is 162 Å². The van der Waals surface area contributed by atoms with Crippen molar-refractivity contribution in [3.8, 4) is 0 Å². The molecule has 0 aliphatic heterocycles. The van der Waals surface area contributed by atoms with Gasteiger partial charge in [0.1, 0.15) is 0 Å². The van der Waals surface area contributed by atoms with Gasteiger partial charge in [-0.15, -0.1) is 24.8 Å². The number of hydrogen-bond acceptors (Lipinski definition) is 0. The van der Waals surface area contributed by atoms with Gasteiger partial charge in [0, 0.05) is 0 Å². The molecule has 2 aliphatic carbocycles. The van der Waals surface area contributed by atoms with Crippen molar-refractivity contribution in [1.29, 1.82) is 0 Å². The summed E-state index contributed by atoms with van der Waals surface area (Å²) in [7, 11) is 0. The smallest absolute Gasteiger partial charge is 0.147 e. The normalized spacial score (nSPS) is 17.2. The van der Waals surface area contributed by atoms with Crippen LogP contribution in [0.5, 0.6) is 0 Å². The van der Waals surface area contributed by atoms with E-state index in [1.807, 2.05) is 0 Å². The van der Waals surface area contributed by atoms with Gasteiger partial charge in [0.2, 0.25) is 0 Å². The molecule has 0 amide bonds. The van der Waals surface area contributed by atoms with E-state index in [9.17, 15) is 0 Å². The molecule has 0 unspecified atom stereocenters. The Kier molecular flexibility index (Phi) is 10.1. The fourth-order valence-corrected chi connectivity index (χ4v) is 7.73. The van der Waals surface area contributed by atoms with Crippen LogP contribution in [0.15, 0.2) is 42.0 Å². The van der Waals surface area contributed by atoms with Crippen molar-refractivity contribution < 1.29 is 23.2 Å². The largest absolute Gasteiger partial charge is 0.147 e. The summed E-state index contributed by atoms with van der Waals surface area (Å²) in [5.74, 6) is 0. The molecule has 0 saturated heterocycles. The summed E-state index contributed by atoms with van der Waals surface area (Å²) in [4.78, 5) is 0. The van der Waals surface area contributed by atoms with E-state index in [0.717, 1.165) is 0 Å². The molecule has 0 aromatic rings. The molecule has 22 heavy (non-hydrogen) atoms. The summed E-state index contributed by atoms with van der Waals surface area (Å²) in [6, 6.07) is 0. The molecule has 0 spiro atoms. The Bertz CT molecular complexity index is 449. The van der Waals surface area contributed by atoms with Crippen LogP contribution in [0.1, 0.15) is 61.8 Å². The number of halogens is 2. The third-order valence-electron chi connectivity index (χ3n) is 3.78. The minimum Gasteiger partial charge on any atom is -0.147 e. The summed E-state index contributed by atoms with van der Waals surface area (Å²) in [5, 5.41) is 0. The van der Waals surface area contributed by atoms with Crippen molar-refractivity contribution >= 4 is 24.8 Å². The average molecular weight is 423 g/mol. The van der Waals surface area contributed by atoms with E-state index < -0.39 is 23.2 Å². The van der Waals surface area contributed by atoms with E-state index in [2.05, 4.69) is 65.8 Å². The van der Waals surface area contributed by atoms with Crippen LogP contribution in [0.2, 0.25) is 0 Å². The fraction of sp³-hybridized carbons (Fsp3) is 0.579. The standard InChI is InChI=1S/2C9H13.CH4.2ClH.Zr/c2*1-9(2,3)8-6-4-5-7-8;;;;/h2*4,6H,5H2,1-3H3;1H4;2*1H;. The first-order chi connectivity index (χ1) is 8.69. The first-order valence-corrected chi connectivity index (χ1v) is 9.73. The van der Waals surface area contributed by atoms with Crippen LogP contribution in [-0.4, -0.2) is 0 Å². The number of hydrogen-bond donors (Lipinski definition) is 0. The second-order valence-electron chi connectivity index (χ2n) is 7.62. The first-order valence-electron chi connectivity index (χ1n) is 7.27. The Hall–Kier alpha value is 0.423. The predicted octanol–water partition coefficient (Wildman–Crippen LogP) is 7.07. The zero-order chi connectivity index (χ0) is 14.3. The van der Waals surface area contributed by atoms with Crippen molar-refractivity contribution in [3.05, 3.63) is 42.0 Å². The van der Waals surface area contributed by atoms with Gasteiger partial charge in [-0.1, -0.05) is 7.43 Å². The molecule has 0 radical (unpaired) electrons. The Morgan fingerprint density at radius 3 is 1.32 bits per heavy atom. The minimum absolute atomic E-state index is 0. The van der Waals surface area contributed by atoms with Crippen LogP contribution in [0.3, 0.4) is 0 Å². The monoisotopic (exact) mass is 420 g/mol. The molecule has 0 fully saturated rings. The summed E-state index contributed by atoms with van der Waals surface area (Å²) in [5.41, 5.74) is 3.90. The summed E-state index contributed by atoms with van der Waals surface area (Å²) in [6.45, 7) is 14.1. The number of allylic oxidation sites excluding steroid dienone is 8. The van der Waals surface area contributed by atoms with E-state index in [4.69, 9.17) is 0 Å². The molecule has 0 aromatic heterocycles. The fourth-order valence-electron chi connectivity index (χ4n) is 2.83. The molecule has 126 valence electrons. The second-order valence-corrected chi connectivity index (χ2v) is 11.2. The van der Waals surface area contributed by atoms with Crippen LogP contribution in [0, 0.1) is 10.8 Å². The zero-order valence-electron chi connectivity index (χ0n) is 14.0. The van der Waals surface area contributed by atoms with Crippen molar-refractivity contribution in [1.82, 2.24) is 0 Å². The second kappa shape index (κ2) is 9.05. The Morgan fingerprint density at radius 1 is 0.727 bits per heavy atom. The topological polar surface area (TPSA) is 0 Å². The first kappa shape index (κ1) is 24.7. The average Bonchev–Trinajstić information content (AvgIpc) is 2.83. The van der Waals surface area contributed by atoms with Crippen LogP contribution in [0.25, 0.3) is 0 Å². The van der Waals surface area contributed by atoms with Gasteiger partial charge >= 0.3 is 130 Å². The van der Waals surface area contributed by atoms with Crippen LogP contribution >= 0.6 is 24.8 Å². The van der Waals surface area contributed by atoms with Crippen molar-refractivity contribution in [2.24, 2.45) is 10.8 Å². The molecule has 0 aromatic carbocycles. The molecule has 0 bridgehead atoms. The van der Waals surface area contributed by atoms with Crippen molar-refractivity contribution in [3.63, 3.8) is 0 Å². The minimum atomic E-state index is -0.575. The van der Waals surface area contributed by atoms with E-state index in [1.165, 1.54) is 12.8 Å². The van der Waals surface area contributed by atoms with Gasteiger partial charge in [-0.3, -0.25) is 0 Å². The molecule has 2 rings (SSSR count). The van der Waals surface area contributed by atoms with E-state index in [-0.39, 0.29) is 32.2 Å². The molecular weight excluding hydrogens is 390 g/mol. The van der Waals surface area contributed by atoms with E-state index in [1.54, 1.807) is 17.7 Å². The quantitative estimate of drug-likeness (QED) is 0.446. The predicted molar refractivity (Wildman–Crippen MR) is 102 cm³/mol. The zero-order valence-corrected chi connectivity index (χ0v) is 18.1. The third-order valence-corrected chi connectivity index (χ3v) is 7.59. The van der Waals surface area contributed by atoms with Gasteiger partial charge in [-0.25, -0.2) is 0 Å². The maximum Gasteiger partial charge on any atom is -0.147 e. The van der Waals surface area contributed by atoms with E-state index in [0.29, 0.717) is 10.8 Å². The number of rotatable bonds is 2. The Balaban J connectivity index is 0. The van der Waals surface area contributed by atoms with Gasteiger partial charge in [0.15, 0.2) is 0 Å². The summed E-state index contributed by atoms with van der Waals surface area (Å²) >= 11 is -0.575. The molecule has 0 nitrogen and oxygen atoms in total. The molecule has 3 heteroatoms. The SMILES string of the molecule is C.CC(C)(C)C1=[C]([Zr][C]2=C(C(C)(C)C)C=CC2)CC=C1.Cl.Cl. The third kappa shape index (κ3) is 5.81. The van der Waals surface area contributed by atoms with E-state index >= 15 is 0 Å². The van der Waals surface area contributed by atoms with Gasteiger partial charge in [-0.05, 0) is 0 Å². The molecule has 0 saturated carbocycles.